The quantitative estimate of drug-likeness (QED) is 0.656. The van der Waals surface area contributed by atoms with Gasteiger partial charge in [0.15, 0.2) is 0 Å². The van der Waals surface area contributed by atoms with Crippen LogP contribution >= 0.6 is 0 Å². The molecule has 0 bridgehead atoms. The molecular weight excluding hydrogens is 252 g/mol. The van der Waals surface area contributed by atoms with E-state index in [-0.39, 0.29) is 17.6 Å². The van der Waals surface area contributed by atoms with Crippen molar-refractivity contribution >= 4 is 17.7 Å². The number of amides is 1. The second kappa shape index (κ2) is 6.46. The molecule has 0 spiro atoms. The standard InChI is InChI=1S/C16H24N2O2/c1-11(2)20-14-8-6-12(10-13(14)17)7-9-15(19)18-16(3,4)5/h6-11H,17H2,1-5H3,(H,18,19)/b9-7-. The van der Waals surface area contributed by atoms with Crippen molar-refractivity contribution in [1.82, 2.24) is 5.32 Å². The van der Waals surface area contributed by atoms with Gasteiger partial charge in [0, 0.05) is 11.6 Å². The molecule has 0 aliphatic rings. The van der Waals surface area contributed by atoms with E-state index in [1.807, 2.05) is 46.8 Å². The predicted octanol–water partition coefficient (Wildman–Crippen LogP) is 2.98. The van der Waals surface area contributed by atoms with E-state index in [9.17, 15) is 4.79 Å². The van der Waals surface area contributed by atoms with Crippen LogP contribution in [0, 0.1) is 0 Å². The third-order valence-electron chi connectivity index (χ3n) is 2.32. The van der Waals surface area contributed by atoms with Crippen LogP contribution in [-0.4, -0.2) is 17.6 Å². The smallest absolute Gasteiger partial charge is 0.244 e. The molecule has 0 heterocycles. The Hall–Kier alpha value is -1.97. The summed E-state index contributed by atoms with van der Waals surface area (Å²) in [6.07, 6.45) is 3.32. The van der Waals surface area contributed by atoms with Crippen molar-refractivity contribution in [2.45, 2.75) is 46.3 Å². The van der Waals surface area contributed by atoms with Gasteiger partial charge in [-0.15, -0.1) is 0 Å². The van der Waals surface area contributed by atoms with Crippen molar-refractivity contribution in [3.63, 3.8) is 0 Å². The maximum atomic E-state index is 11.7. The van der Waals surface area contributed by atoms with E-state index in [4.69, 9.17) is 10.5 Å². The molecule has 0 aromatic heterocycles. The van der Waals surface area contributed by atoms with Crippen molar-refractivity contribution in [2.24, 2.45) is 0 Å². The van der Waals surface area contributed by atoms with Crippen molar-refractivity contribution in [2.75, 3.05) is 5.73 Å². The lowest BCUT2D eigenvalue weighted by molar-refractivity contribution is -0.117. The average Bonchev–Trinajstić information content (AvgIpc) is 2.27. The first kappa shape index (κ1) is 16.1. The normalized spacial score (nSPS) is 11.9. The first-order chi connectivity index (χ1) is 9.17. The van der Waals surface area contributed by atoms with Gasteiger partial charge in [-0.25, -0.2) is 0 Å². The number of hydrogen-bond donors (Lipinski definition) is 2. The molecule has 3 N–H and O–H groups in total. The summed E-state index contributed by atoms with van der Waals surface area (Å²) in [4.78, 5) is 11.7. The van der Waals surface area contributed by atoms with Crippen molar-refractivity contribution in [3.05, 3.63) is 29.8 Å². The molecule has 0 aliphatic carbocycles. The van der Waals surface area contributed by atoms with E-state index >= 15 is 0 Å². The number of benzene rings is 1. The van der Waals surface area contributed by atoms with E-state index in [0.29, 0.717) is 11.4 Å². The molecule has 1 amide bonds. The van der Waals surface area contributed by atoms with Crippen LogP contribution in [0.2, 0.25) is 0 Å². The summed E-state index contributed by atoms with van der Waals surface area (Å²) in [6.45, 7) is 9.71. The lowest BCUT2D eigenvalue weighted by Gasteiger charge is -2.19. The maximum Gasteiger partial charge on any atom is 0.244 e. The Labute approximate surface area is 121 Å². The highest BCUT2D eigenvalue weighted by Gasteiger charge is 2.11. The fraction of sp³-hybridized carbons (Fsp3) is 0.438. The van der Waals surface area contributed by atoms with Crippen LogP contribution in [-0.2, 0) is 4.79 Å². The van der Waals surface area contributed by atoms with Crippen LogP contribution < -0.4 is 15.8 Å². The molecule has 110 valence electrons. The number of ether oxygens (including phenoxy) is 1. The van der Waals surface area contributed by atoms with Crippen molar-refractivity contribution < 1.29 is 9.53 Å². The lowest BCUT2D eigenvalue weighted by atomic mass is 10.1. The number of carbonyl (C=O) groups is 1. The molecule has 0 aliphatic heterocycles. The molecule has 0 radical (unpaired) electrons. The van der Waals surface area contributed by atoms with Crippen LogP contribution in [0.15, 0.2) is 24.3 Å². The van der Waals surface area contributed by atoms with Crippen molar-refractivity contribution in [1.29, 1.82) is 0 Å². The molecule has 1 rings (SSSR count). The second-order valence-corrected chi connectivity index (χ2v) is 6.04. The van der Waals surface area contributed by atoms with E-state index < -0.39 is 0 Å². The summed E-state index contributed by atoms with van der Waals surface area (Å²) >= 11 is 0. The second-order valence-electron chi connectivity index (χ2n) is 6.04. The third-order valence-corrected chi connectivity index (χ3v) is 2.32. The number of rotatable bonds is 4. The minimum Gasteiger partial charge on any atom is -0.489 e. The van der Waals surface area contributed by atoms with Crippen molar-refractivity contribution in [3.8, 4) is 5.75 Å². The summed E-state index contributed by atoms with van der Waals surface area (Å²) in [7, 11) is 0. The topological polar surface area (TPSA) is 64.3 Å². The molecule has 0 saturated heterocycles. The van der Waals surface area contributed by atoms with Gasteiger partial charge in [0.2, 0.25) is 5.91 Å². The Morgan fingerprint density at radius 3 is 2.50 bits per heavy atom. The predicted molar refractivity (Wildman–Crippen MR) is 83.5 cm³/mol. The average molecular weight is 276 g/mol. The molecule has 1 aromatic rings. The molecule has 0 unspecified atom stereocenters. The zero-order chi connectivity index (χ0) is 15.3. The number of anilines is 1. The summed E-state index contributed by atoms with van der Waals surface area (Å²) in [5.74, 6) is 0.537. The first-order valence-corrected chi connectivity index (χ1v) is 6.74. The Kier molecular flexibility index (Phi) is 5.19. The van der Waals surface area contributed by atoms with Gasteiger partial charge in [0.1, 0.15) is 5.75 Å². The maximum absolute atomic E-state index is 11.7. The molecule has 0 atom stereocenters. The monoisotopic (exact) mass is 276 g/mol. The molecular formula is C16H24N2O2. The zero-order valence-corrected chi connectivity index (χ0v) is 12.9. The van der Waals surface area contributed by atoms with Gasteiger partial charge in [0.05, 0.1) is 11.8 Å². The highest BCUT2D eigenvalue weighted by molar-refractivity contribution is 5.92. The van der Waals surface area contributed by atoms with E-state index in [1.165, 1.54) is 6.08 Å². The highest BCUT2D eigenvalue weighted by Crippen LogP contribution is 2.24. The fourth-order valence-corrected chi connectivity index (χ4v) is 1.62. The van der Waals surface area contributed by atoms with Crippen LogP contribution in [0.4, 0.5) is 5.69 Å². The Bertz CT molecular complexity index is 500. The molecule has 0 fully saturated rings. The molecule has 4 nitrogen and oxygen atoms in total. The van der Waals surface area contributed by atoms with Gasteiger partial charge < -0.3 is 15.8 Å². The number of carbonyl (C=O) groups excluding carboxylic acids is 1. The Balaban J connectivity index is 2.74. The van der Waals surface area contributed by atoms with Gasteiger partial charge in [-0.1, -0.05) is 6.07 Å². The summed E-state index contributed by atoms with van der Waals surface area (Å²) < 4.78 is 5.56. The number of nitrogen functional groups attached to an aromatic ring is 1. The van der Waals surface area contributed by atoms with Gasteiger partial charge in [-0.3, -0.25) is 4.79 Å². The number of hydrogen-bond acceptors (Lipinski definition) is 3. The lowest BCUT2D eigenvalue weighted by Crippen LogP contribution is -2.39. The Morgan fingerprint density at radius 2 is 2.00 bits per heavy atom. The van der Waals surface area contributed by atoms with Crippen LogP contribution in [0.5, 0.6) is 5.75 Å². The molecule has 4 heteroatoms. The molecule has 20 heavy (non-hydrogen) atoms. The highest BCUT2D eigenvalue weighted by atomic mass is 16.5. The first-order valence-electron chi connectivity index (χ1n) is 6.74. The van der Waals surface area contributed by atoms with E-state index in [1.54, 1.807) is 12.1 Å². The summed E-state index contributed by atoms with van der Waals surface area (Å²) in [6, 6.07) is 5.48. The van der Waals surface area contributed by atoms with Gasteiger partial charge >= 0.3 is 0 Å². The minimum absolute atomic E-state index is 0.0799. The van der Waals surface area contributed by atoms with E-state index in [0.717, 1.165) is 5.56 Å². The van der Waals surface area contributed by atoms with Gasteiger partial charge in [0.25, 0.3) is 0 Å². The SMILES string of the molecule is CC(C)Oc1ccc(/C=C\C(=O)NC(C)(C)C)cc1N. The summed E-state index contributed by atoms with van der Waals surface area (Å²) in [5, 5.41) is 2.86. The van der Waals surface area contributed by atoms with E-state index in [2.05, 4.69) is 5.32 Å². The number of nitrogens with two attached hydrogens (primary N) is 1. The Morgan fingerprint density at radius 1 is 1.35 bits per heavy atom. The summed E-state index contributed by atoms with van der Waals surface area (Å²) in [5.41, 5.74) is 7.11. The van der Waals surface area contributed by atoms with Gasteiger partial charge in [-0.2, -0.15) is 0 Å². The van der Waals surface area contributed by atoms with Crippen LogP contribution in [0.3, 0.4) is 0 Å². The third kappa shape index (κ3) is 5.78. The largest absolute Gasteiger partial charge is 0.489 e. The minimum atomic E-state index is -0.241. The molecule has 0 saturated carbocycles. The van der Waals surface area contributed by atoms with Crippen LogP contribution in [0.25, 0.3) is 6.08 Å². The van der Waals surface area contributed by atoms with Gasteiger partial charge in [-0.05, 0) is 58.4 Å². The number of nitrogens with one attached hydrogen (secondary N) is 1. The fourth-order valence-electron chi connectivity index (χ4n) is 1.62. The van der Waals surface area contributed by atoms with Crippen LogP contribution in [0.1, 0.15) is 40.2 Å². The zero-order valence-electron chi connectivity index (χ0n) is 12.9. The molecule has 1 aromatic carbocycles.